The smallest absolute Gasteiger partial charge is 0.322 e. The molecule has 0 unspecified atom stereocenters. The summed E-state index contributed by atoms with van der Waals surface area (Å²) < 4.78 is 0. The Balaban J connectivity index is 1.94. The van der Waals surface area contributed by atoms with Crippen molar-refractivity contribution in [3.63, 3.8) is 0 Å². The molecule has 6 heteroatoms. The summed E-state index contributed by atoms with van der Waals surface area (Å²) in [6.07, 6.45) is 1.84. The first-order valence-electron chi connectivity index (χ1n) is 6.61. The summed E-state index contributed by atoms with van der Waals surface area (Å²) in [6.45, 7) is 0. The average Bonchev–Trinajstić information content (AvgIpc) is 2.44. The first kappa shape index (κ1) is 14.8. The average molecular weight is 288 g/mol. The molecule has 0 spiro atoms. The van der Waals surface area contributed by atoms with Crippen LogP contribution in [0.4, 0.5) is 10.5 Å². The molecule has 1 fully saturated rings. The predicted molar refractivity (Wildman–Crippen MR) is 76.3 cm³/mol. The van der Waals surface area contributed by atoms with Gasteiger partial charge in [-0.25, -0.2) is 9.86 Å². The molecule has 0 saturated heterocycles. The van der Waals surface area contributed by atoms with Crippen LogP contribution in [-0.2, 0) is 14.4 Å². The van der Waals surface area contributed by atoms with Crippen molar-refractivity contribution in [3.8, 4) is 0 Å². The number of hydrogen-bond acceptors (Lipinski definition) is 5. The van der Waals surface area contributed by atoms with Crippen LogP contribution in [-0.4, -0.2) is 29.8 Å². The zero-order chi connectivity index (χ0) is 15.2. The summed E-state index contributed by atoms with van der Waals surface area (Å²) in [5.41, 5.74) is 0.671. The molecule has 0 radical (unpaired) electrons. The molecule has 1 aromatic carbocycles. The van der Waals surface area contributed by atoms with Gasteiger partial charge in [-0.15, -0.1) is 0 Å². The summed E-state index contributed by atoms with van der Waals surface area (Å²) >= 11 is 0. The molecule has 0 aromatic heterocycles. The van der Waals surface area contributed by atoms with Crippen LogP contribution in [0.2, 0.25) is 0 Å². The van der Waals surface area contributed by atoms with E-state index >= 15 is 0 Å². The van der Waals surface area contributed by atoms with Crippen LogP contribution in [0, 0.1) is 0 Å². The van der Waals surface area contributed by atoms with Gasteiger partial charge in [0.25, 0.3) is 0 Å². The number of nitrogens with zero attached hydrogens (tertiary/aromatic N) is 1. The van der Waals surface area contributed by atoms with E-state index in [0.717, 1.165) is 5.06 Å². The molecule has 1 aliphatic rings. The van der Waals surface area contributed by atoms with E-state index in [1.165, 1.54) is 13.2 Å². The van der Waals surface area contributed by atoms with Gasteiger partial charge in [0, 0.05) is 25.6 Å². The van der Waals surface area contributed by atoms with Gasteiger partial charge in [-0.3, -0.25) is 14.9 Å². The molecule has 2 rings (SSSR count). The van der Waals surface area contributed by atoms with Crippen molar-refractivity contribution < 1.29 is 19.2 Å². The fourth-order valence-corrected chi connectivity index (χ4v) is 1.98. The molecule has 1 aliphatic carbocycles. The van der Waals surface area contributed by atoms with Crippen molar-refractivity contribution in [2.24, 2.45) is 0 Å². The predicted octanol–water partition coefficient (Wildman–Crippen LogP) is 2.29. The van der Waals surface area contributed by atoms with Crippen LogP contribution >= 0.6 is 0 Å². The van der Waals surface area contributed by atoms with E-state index in [0.29, 0.717) is 24.9 Å². The summed E-state index contributed by atoms with van der Waals surface area (Å²) in [6, 6.07) is 8.82. The number of hydrogen-bond donors (Lipinski definition) is 1. The van der Waals surface area contributed by atoms with Gasteiger partial charge in [0.1, 0.15) is 0 Å². The van der Waals surface area contributed by atoms with E-state index in [1.807, 2.05) is 6.07 Å². The SMILES string of the molecule is CN(C=C1C(=O)CCCC1=O)OC(=O)Nc1ccccc1. The van der Waals surface area contributed by atoms with E-state index in [9.17, 15) is 14.4 Å². The van der Waals surface area contributed by atoms with Crippen LogP contribution in [0.3, 0.4) is 0 Å². The normalized spacial score (nSPS) is 14.6. The molecular weight excluding hydrogens is 272 g/mol. The minimum absolute atomic E-state index is 0.0799. The number of allylic oxidation sites excluding steroid dienone is 1. The minimum Gasteiger partial charge on any atom is -0.322 e. The fourth-order valence-electron chi connectivity index (χ4n) is 1.98. The van der Waals surface area contributed by atoms with Gasteiger partial charge in [-0.05, 0) is 18.6 Å². The molecule has 1 saturated carbocycles. The van der Waals surface area contributed by atoms with Gasteiger partial charge in [-0.1, -0.05) is 18.2 Å². The van der Waals surface area contributed by atoms with E-state index in [2.05, 4.69) is 5.32 Å². The summed E-state index contributed by atoms with van der Waals surface area (Å²) in [4.78, 5) is 39.9. The monoisotopic (exact) mass is 288 g/mol. The standard InChI is InChI=1S/C15H16N2O4/c1-17(10-12-13(18)8-5-9-14(12)19)21-15(20)16-11-6-3-2-4-7-11/h2-4,6-7,10H,5,8-9H2,1H3,(H,16,20). The lowest BCUT2D eigenvalue weighted by Crippen LogP contribution is -2.26. The molecular formula is C15H16N2O4. The zero-order valence-electron chi connectivity index (χ0n) is 11.7. The maximum Gasteiger partial charge on any atom is 0.436 e. The topological polar surface area (TPSA) is 75.7 Å². The van der Waals surface area contributed by atoms with Crippen molar-refractivity contribution in [1.29, 1.82) is 0 Å². The molecule has 1 amide bonds. The molecule has 6 nitrogen and oxygen atoms in total. The molecule has 1 N–H and O–H groups in total. The summed E-state index contributed by atoms with van der Waals surface area (Å²) in [5.74, 6) is -0.435. The van der Waals surface area contributed by atoms with E-state index in [-0.39, 0.29) is 17.1 Å². The molecule has 0 aliphatic heterocycles. The number of para-hydroxylation sites is 1. The van der Waals surface area contributed by atoms with Crippen molar-refractivity contribution in [3.05, 3.63) is 42.1 Å². The molecule has 21 heavy (non-hydrogen) atoms. The van der Waals surface area contributed by atoms with Gasteiger partial charge >= 0.3 is 6.09 Å². The number of carbonyl (C=O) groups excluding carboxylic acids is 3. The summed E-state index contributed by atoms with van der Waals surface area (Å²) in [5, 5.41) is 3.59. The number of amides is 1. The van der Waals surface area contributed by atoms with Gasteiger partial charge < -0.3 is 4.84 Å². The first-order valence-corrected chi connectivity index (χ1v) is 6.61. The van der Waals surface area contributed by atoms with Gasteiger partial charge in [-0.2, -0.15) is 0 Å². The highest BCUT2D eigenvalue weighted by Crippen LogP contribution is 2.17. The number of hydroxylamine groups is 2. The Kier molecular flexibility index (Phi) is 4.71. The Hall–Kier alpha value is -2.63. The highest BCUT2D eigenvalue weighted by Gasteiger charge is 2.24. The van der Waals surface area contributed by atoms with Crippen LogP contribution in [0.1, 0.15) is 19.3 Å². The highest BCUT2D eigenvalue weighted by atomic mass is 16.7. The van der Waals surface area contributed by atoms with Crippen LogP contribution in [0.25, 0.3) is 0 Å². The Labute approximate surface area is 122 Å². The lowest BCUT2D eigenvalue weighted by atomic mass is 9.93. The Morgan fingerprint density at radius 2 is 1.81 bits per heavy atom. The number of anilines is 1. The quantitative estimate of drug-likeness (QED) is 0.524. The largest absolute Gasteiger partial charge is 0.436 e. The lowest BCUT2D eigenvalue weighted by Gasteiger charge is -2.17. The molecule has 0 heterocycles. The number of rotatable bonds is 3. The molecule has 110 valence electrons. The second-order valence-electron chi connectivity index (χ2n) is 4.66. The Morgan fingerprint density at radius 1 is 1.19 bits per heavy atom. The van der Waals surface area contributed by atoms with Crippen molar-refractivity contribution in [2.45, 2.75) is 19.3 Å². The van der Waals surface area contributed by atoms with E-state index in [4.69, 9.17) is 4.84 Å². The van der Waals surface area contributed by atoms with Crippen molar-refractivity contribution >= 4 is 23.3 Å². The van der Waals surface area contributed by atoms with Crippen LogP contribution in [0.15, 0.2) is 42.1 Å². The number of Topliss-reactive ketones (excluding diaryl/α,β-unsaturated/α-hetero) is 2. The van der Waals surface area contributed by atoms with Crippen molar-refractivity contribution in [2.75, 3.05) is 12.4 Å². The second-order valence-corrected chi connectivity index (χ2v) is 4.66. The van der Waals surface area contributed by atoms with E-state index < -0.39 is 6.09 Å². The maximum atomic E-state index is 11.7. The van der Waals surface area contributed by atoms with E-state index in [1.54, 1.807) is 24.3 Å². The summed E-state index contributed by atoms with van der Waals surface area (Å²) in [7, 11) is 1.45. The third-order valence-corrected chi connectivity index (χ3v) is 2.97. The van der Waals surface area contributed by atoms with Crippen LogP contribution < -0.4 is 5.32 Å². The number of ketones is 2. The Morgan fingerprint density at radius 3 is 2.43 bits per heavy atom. The second kappa shape index (κ2) is 6.69. The maximum absolute atomic E-state index is 11.7. The third-order valence-electron chi connectivity index (χ3n) is 2.97. The number of nitrogens with one attached hydrogen (secondary N) is 1. The zero-order valence-corrected chi connectivity index (χ0v) is 11.7. The highest BCUT2D eigenvalue weighted by molar-refractivity contribution is 6.21. The fraction of sp³-hybridized carbons (Fsp3) is 0.267. The minimum atomic E-state index is -0.698. The molecule has 0 atom stereocenters. The number of carbonyl (C=O) groups is 3. The first-order chi connectivity index (χ1) is 10.1. The van der Waals surface area contributed by atoms with Gasteiger partial charge in [0.15, 0.2) is 11.6 Å². The lowest BCUT2D eigenvalue weighted by molar-refractivity contribution is -0.124. The van der Waals surface area contributed by atoms with Crippen LogP contribution in [0.5, 0.6) is 0 Å². The van der Waals surface area contributed by atoms with Gasteiger partial charge in [0.2, 0.25) is 0 Å². The molecule has 0 bridgehead atoms. The molecule has 1 aromatic rings. The Bertz CT molecular complexity index is 563. The third kappa shape index (κ3) is 4.17. The number of benzene rings is 1. The van der Waals surface area contributed by atoms with Crippen molar-refractivity contribution in [1.82, 2.24) is 5.06 Å². The van der Waals surface area contributed by atoms with Gasteiger partial charge in [0.05, 0.1) is 11.8 Å².